The van der Waals surface area contributed by atoms with Crippen LogP contribution in [-0.2, 0) is 67.3 Å². The second-order valence-corrected chi connectivity index (χ2v) is 46.9. The summed E-state index contributed by atoms with van der Waals surface area (Å²) >= 11 is 9.82. The molecule has 0 saturated heterocycles. The van der Waals surface area contributed by atoms with E-state index in [0.29, 0.717) is 55.8 Å². The maximum Gasteiger partial charge on any atom is 0.160 e. The van der Waals surface area contributed by atoms with Crippen molar-refractivity contribution in [2.75, 3.05) is 0 Å². The number of rotatable bonds is 6. The van der Waals surface area contributed by atoms with Gasteiger partial charge >= 0.3 is 0 Å². The number of aromatic nitrogens is 18. The maximum atomic E-state index is 13.6. The molecule has 1 aromatic carbocycles. The number of aromatic amines is 7. The van der Waals surface area contributed by atoms with Crippen molar-refractivity contribution in [3.05, 3.63) is 340 Å². The smallest absolute Gasteiger partial charge is 0.160 e. The normalized spacial score (nSPS) is 22.6. The summed E-state index contributed by atoms with van der Waals surface area (Å²) in [5.41, 5.74) is 38.4. The fourth-order valence-electron chi connectivity index (χ4n) is 25.3. The Kier molecular flexibility index (Phi) is 25.3. The molecular formula is C113H123BrClFN18O6. The molecule has 722 valence electrons. The van der Waals surface area contributed by atoms with E-state index in [9.17, 15) is 33.2 Å². The van der Waals surface area contributed by atoms with E-state index in [4.69, 9.17) is 11.6 Å². The van der Waals surface area contributed by atoms with E-state index >= 15 is 0 Å². The number of carbonyl (C=O) groups excluding carboxylic acids is 6. The van der Waals surface area contributed by atoms with Crippen LogP contribution in [0.1, 0.15) is 331 Å². The van der Waals surface area contributed by atoms with Crippen LogP contribution in [0, 0.1) is 79.8 Å². The first-order chi connectivity index (χ1) is 66.5. The molecule has 11 aromatic heterocycles. The van der Waals surface area contributed by atoms with Crippen LogP contribution in [-0.4, -0.2) is 126 Å². The minimum atomic E-state index is -0.376. The van der Waals surface area contributed by atoms with Crippen molar-refractivity contribution >= 4 is 62.2 Å². The van der Waals surface area contributed by atoms with Gasteiger partial charge in [0.1, 0.15) is 5.82 Å². The van der Waals surface area contributed by atoms with Crippen molar-refractivity contribution in [1.29, 1.82) is 0 Å². The highest BCUT2D eigenvalue weighted by molar-refractivity contribution is 9.10. The Hall–Kier alpha value is -12.6. The summed E-state index contributed by atoms with van der Waals surface area (Å²) in [4.78, 5) is 95.4. The average Bonchev–Trinajstić information content (AvgIpc) is 1.38. The Morgan fingerprint density at radius 2 is 0.664 bits per heavy atom. The largest absolute Gasteiger partial charge is 0.294 e. The minimum absolute atomic E-state index is 0.000833. The molecule has 11 heterocycles. The molecule has 0 aliphatic heterocycles. The topological polar surface area (TPSA) is 355 Å². The van der Waals surface area contributed by atoms with Crippen LogP contribution in [0.4, 0.5) is 4.39 Å². The summed E-state index contributed by atoms with van der Waals surface area (Å²) in [6.07, 6.45) is 26.5. The van der Waals surface area contributed by atoms with Crippen molar-refractivity contribution < 1.29 is 33.2 Å². The summed E-state index contributed by atoms with van der Waals surface area (Å²) < 4.78 is 14.5. The molecule has 0 fully saturated rings. The highest BCUT2D eigenvalue weighted by Gasteiger charge is 2.50. The zero-order valence-electron chi connectivity index (χ0n) is 83.2. The van der Waals surface area contributed by atoms with Crippen molar-refractivity contribution in [3.63, 3.8) is 0 Å². The van der Waals surface area contributed by atoms with Gasteiger partial charge in [-0.1, -0.05) is 146 Å². The molecule has 140 heavy (non-hydrogen) atoms. The predicted molar refractivity (Wildman–Crippen MR) is 538 cm³/mol. The molecule has 0 radical (unpaired) electrons. The molecule has 12 aliphatic carbocycles. The number of ketones is 6. The van der Waals surface area contributed by atoms with Crippen LogP contribution in [0.5, 0.6) is 0 Å². The summed E-state index contributed by atoms with van der Waals surface area (Å²) in [7, 11) is 0. The zero-order chi connectivity index (χ0) is 99.0. The number of nitrogens with zero attached hydrogens (tertiary/aromatic N) is 11. The summed E-state index contributed by atoms with van der Waals surface area (Å²) in [6, 6.07) is 24.3. The van der Waals surface area contributed by atoms with Gasteiger partial charge in [0.05, 0.1) is 63.3 Å². The van der Waals surface area contributed by atoms with Crippen LogP contribution >= 0.6 is 27.5 Å². The fraction of sp³-hybridized carbons (Fsp3) is 0.425. The van der Waals surface area contributed by atoms with Gasteiger partial charge in [-0.05, 0) is 206 Å². The summed E-state index contributed by atoms with van der Waals surface area (Å²) in [5.74, 6) is 0.679. The van der Waals surface area contributed by atoms with Gasteiger partial charge in [-0.15, -0.1) is 0 Å². The highest BCUT2D eigenvalue weighted by Crippen LogP contribution is 2.57. The van der Waals surface area contributed by atoms with Crippen molar-refractivity contribution in [3.8, 4) is 0 Å². The van der Waals surface area contributed by atoms with Gasteiger partial charge in [0, 0.05) is 254 Å². The lowest BCUT2D eigenvalue weighted by Crippen LogP contribution is -2.32. The van der Waals surface area contributed by atoms with Crippen molar-refractivity contribution in [2.45, 2.75) is 276 Å². The van der Waals surface area contributed by atoms with Gasteiger partial charge in [0.25, 0.3) is 0 Å². The quantitative estimate of drug-likeness (QED) is 0.0813. The SMILES string of the molecule is Cc1[nH]nc2c1C(c1ccc(Br)cn1)C1=C(C2)CC(C)(C)CC1=O.Cc1[nH]nc2c1C(c1ccc(F)cc1Cl)C1=C(C2)CC(C)(C)CC1=O.Cc1[nH]nc2c1C(c1ccccn1)C1=C(C2)CC(C)(C)CC1=O.Cc1[nH]nc2c1C(c1cccnc1)C1=C(C2)CC(C)(C)CC1=O.Cc1[nH]nc2c1C(c1ccn[nH]1)C1=C(C2)CC(C)(C)CC1=O.Cc1[nH]nc2c1C(c1ccncc1)C1=C(C2)CC(C)(C)CC1=O. The number of Topliss-reactive ketones (excluding diaryl/α,β-unsaturated/α-hetero) is 6. The Morgan fingerprint density at radius 3 is 1.00 bits per heavy atom. The van der Waals surface area contributed by atoms with Gasteiger partial charge in [-0.25, -0.2) is 4.39 Å². The Bertz CT molecular complexity index is 6890. The Balaban J connectivity index is 0.000000107. The number of allylic oxidation sites excluding steroid dienone is 12. The van der Waals surface area contributed by atoms with E-state index in [1.165, 1.54) is 51.1 Å². The molecule has 0 saturated carbocycles. The van der Waals surface area contributed by atoms with Crippen LogP contribution in [0.15, 0.2) is 194 Å². The van der Waals surface area contributed by atoms with Gasteiger partial charge in [-0.3, -0.25) is 84.4 Å². The molecule has 6 atom stereocenters. The number of pyridine rings is 4. The van der Waals surface area contributed by atoms with Crippen molar-refractivity contribution in [1.82, 2.24) is 91.3 Å². The lowest BCUT2D eigenvalue weighted by atomic mass is 9.65. The number of hydrogen-bond acceptors (Lipinski definition) is 17. The average molecular weight is 1960 g/mol. The number of aryl methyl sites for hydroxylation is 6. The second-order valence-electron chi connectivity index (χ2n) is 45.6. The number of fused-ring (bicyclic) bond motifs is 6. The number of carbonyl (C=O) groups is 6. The first-order valence-electron chi connectivity index (χ1n) is 49.0. The maximum absolute atomic E-state index is 13.6. The number of nitrogens with one attached hydrogen (secondary N) is 7. The number of benzene rings is 1. The molecule has 12 aliphatic rings. The van der Waals surface area contributed by atoms with Gasteiger partial charge < -0.3 is 0 Å². The third kappa shape index (κ3) is 18.6. The fourth-order valence-corrected chi connectivity index (χ4v) is 25.8. The van der Waals surface area contributed by atoms with Gasteiger partial charge in [0.2, 0.25) is 0 Å². The number of hydrogen-bond donors (Lipinski definition) is 7. The van der Waals surface area contributed by atoms with Crippen LogP contribution in [0.2, 0.25) is 5.02 Å². The highest BCUT2D eigenvalue weighted by atomic mass is 79.9. The van der Waals surface area contributed by atoms with Crippen LogP contribution in [0.3, 0.4) is 0 Å². The molecule has 12 aromatic rings. The first-order valence-corrected chi connectivity index (χ1v) is 50.1. The summed E-state index contributed by atoms with van der Waals surface area (Å²) in [6.45, 7) is 38.1. The molecule has 24 nitrogen and oxygen atoms in total. The third-order valence-corrected chi connectivity index (χ3v) is 31.3. The van der Waals surface area contributed by atoms with E-state index in [0.717, 1.165) is 238 Å². The van der Waals surface area contributed by atoms with E-state index in [2.05, 4.69) is 196 Å². The molecule has 7 N–H and O–H groups in total. The lowest BCUT2D eigenvalue weighted by Gasteiger charge is -2.38. The van der Waals surface area contributed by atoms with Crippen molar-refractivity contribution in [2.24, 2.45) is 32.5 Å². The molecule has 6 unspecified atom stereocenters. The summed E-state index contributed by atoms with van der Waals surface area (Å²) in [5, 5.41) is 53.0. The Labute approximate surface area is 829 Å². The lowest BCUT2D eigenvalue weighted by molar-refractivity contribution is -0.119. The molecule has 24 rings (SSSR count). The molecular weight excluding hydrogens is 1840 g/mol. The second kappa shape index (κ2) is 36.8. The standard InChI is InChI=1S/C20H20ClFN2O.C19H20BrN3O.3C19H21N3O.C17H20N4O/c1-10-17-15(24-23-10)6-11-8-20(2,3)9-16(25)18(11)19(17)13-5-4-12(22)7-14(13)21;1-10-16-14(23-22-10)6-11-7-19(2,3)8-15(24)17(11)18(16)13-5-4-12(20)9-21-13;1-11-16-14(22-21-11)8-13-9-19(2,3)10-15(23)17(13)18(16)12-4-6-20-7-5-12;1-11-16-14(22-21-11)7-13-8-19(2,3)9-15(23)17(13)18(16)12-5-4-6-20-10-12;1-11-16-14(22-21-11)8-12-9-19(2,3)10-15(23)17(12)18(16)13-6-4-5-7-20-13;1-9-14-12(21-19-9)6-10-7-17(2,3)8-13(22)15(10)16(14)11-4-5-18-20-11/h4-5,7,19H,6,8-9H2,1-3H3,(H,23,24);4-5,9,18H,6-8H2,1-3H3,(H,22,23);4-7,18H,8-10H2,1-3H3,(H,21,22);4-6,10,18H,7-9H2,1-3H3,(H,21,22);4-7,18H,8-10H2,1-3H3,(H,21,22);4-5,16H,6-8H2,1-3H3,(H,18,20)(H,19,21). The number of halogens is 3. The van der Waals surface area contributed by atoms with Crippen LogP contribution < -0.4 is 0 Å². The molecule has 0 amide bonds. The van der Waals surface area contributed by atoms with Gasteiger partial charge in [0.15, 0.2) is 34.7 Å². The number of H-pyrrole nitrogens is 7. The van der Waals surface area contributed by atoms with E-state index < -0.39 is 0 Å². The molecule has 27 heteroatoms. The zero-order valence-corrected chi connectivity index (χ0v) is 85.6. The minimum Gasteiger partial charge on any atom is -0.294 e. The first kappa shape index (κ1) is 96.3. The third-order valence-electron chi connectivity index (χ3n) is 30.5. The predicted octanol–water partition coefficient (Wildman–Crippen LogP) is 22.4. The molecule has 0 bridgehead atoms. The van der Waals surface area contributed by atoms with E-state index in [1.807, 2.05) is 102 Å². The van der Waals surface area contributed by atoms with Crippen LogP contribution in [0.25, 0.3) is 0 Å². The Morgan fingerprint density at radius 1 is 0.321 bits per heavy atom. The van der Waals surface area contributed by atoms with E-state index in [1.54, 1.807) is 43.2 Å². The van der Waals surface area contributed by atoms with Gasteiger partial charge in [-0.2, -0.15) is 35.7 Å². The monoisotopic (exact) mass is 1960 g/mol. The molecule has 0 spiro atoms. The van der Waals surface area contributed by atoms with E-state index in [-0.39, 0.29) is 103 Å².